The molecular weight excluding hydrogens is 544 g/mol. The van der Waals surface area contributed by atoms with E-state index < -0.39 is 5.97 Å². The van der Waals surface area contributed by atoms with E-state index in [0.717, 1.165) is 33.6 Å². The highest BCUT2D eigenvalue weighted by Crippen LogP contribution is 2.38. The van der Waals surface area contributed by atoms with E-state index in [0.29, 0.717) is 28.1 Å². The van der Waals surface area contributed by atoms with Crippen LogP contribution in [0.5, 0.6) is 5.75 Å². The Hall–Kier alpha value is -3.89. The number of amides is 1. The maximum Gasteiger partial charge on any atom is 0.341 e. The molecule has 8 nitrogen and oxygen atoms in total. The van der Waals surface area contributed by atoms with Crippen LogP contribution in [0.25, 0.3) is 11.1 Å². The van der Waals surface area contributed by atoms with Crippen LogP contribution >= 0.6 is 23.1 Å². The first kappa shape index (κ1) is 29.1. The van der Waals surface area contributed by atoms with Gasteiger partial charge in [0, 0.05) is 17.5 Å². The lowest BCUT2D eigenvalue weighted by Crippen LogP contribution is -2.16. The number of benzene rings is 2. The summed E-state index contributed by atoms with van der Waals surface area (Å²) in [4.78, 5) is 25.7. The van der Waals surface area contributed by atoms with Crippen molar-refractivity contribution >= 4 is 40.0 Å². The number of thiophene rings is 1. The summed E-state index contributed by atoms with van der Waals surface area (Å²) in [6.07, 6.45) is 1.75. The second-order valence-electron chi connectivity index (χ2n) is 9.33. The number of nitrogens with zero attached hydrogens (tertiary/aromatic N) is 3. The number of anilines is 1. The molecule has 2 aromatic heterocycles. The quantitative estimate of drug-likeness (QED) is 0.123. The Bertz CT molecular complexity index is 1560. The zero-order valence-corrected chi connectivity index (χ0v) is 24.9. The highest BCUT2D eigenvalue weighted by atomic mass is 32.2. The van der Waals surface area contributed by atoms with Gasteiger partial charge >= 0.3 is 5.97 Å². The van der Waals surface area contributed by atoms with Crippen LogP contribution < -0.4 is 10.1 Å². The molecule has 0 aliphatic carbocycles. The van der Waals surface area contributed by atoms with Crippen molar-refractivity contribution < 1.29 is 19.1 Å². The van der Waals surface area contributed by atoms with Crippen LogP contribution in [-0.4, -0.2) is 39.5 Å². The molecule has 2 heterocycles. The Kier molecular flexibility index (Phi) is 9.44. The van der Waals surface area contributed by atoms with Crippen LogP contribution in [0.15, 0.2) is 59.6 Å². The normalized spacial score (nSPS) is 10.8. The number of hydrogen-bond acceptors (Lipinski definition) is 8. The summed E-state index contributed by atoms with van der Waals surface area (Å²) in [5, 5.41) is 14.3. The summed E-state index contributed by atoms with van der Waals surface area (Å²) >= 11 is 2.55. The van der Waals surface area contributed by atoms with Gasteiger partial charge in [0.05, 0.1) is 12.9 Å². The lowest BCUT2D eigenvalue weighted by Gasteiger charge is -2.11. The molecule has 1 N–H and O–H groups in total. The third kappa shape index (κ3) is 6.63. The molecule has 0 unspecified atom stereocenters. The third-order valence-corrected chi connectivity index (χ3v) is 8.26. The number of esters is 1. The predicted molar refractivity (Wildman–Crippen MR) is 160 cm³/mol. The molecule has 0 radical (unpaired) electrons. The molecule has 0 saturated heterocycles. The number of thioether (sulfide) groups is 1. The molecule has 0 aliphatic heterocycles. The highest BCUT2D eigenvalue weighted by Gasteiger charge is 2.24. The topological polar surface area (TPSA) is 95.3 Å². The highest BCUT2D eigenvalue weighted by molar-refractivity contribution is 7.99. The van der Waals surface area contributed by atoms with Crippen molar-refractivity contribution in [3.05, 3.63) is 88.1 Å². The van der Waals surface area contributed by atoms with Crippen LogP contribution in [0, 0.1) is 27.7 Å². The number of rotatable bonds is 11. The minimum Gasteiger partial charge on any atom is -0.486 e. The van der Waals surface area contributed by atoms with Crippen LogP contribution in [0.1, 0.15) is 38.4 Å². The zero-order valence-electron chi connectivity index (χ0n) is 23.2. The van der Waals surface area contributed by atoms with Crippen molar-refractivity contribution in [3.8, 4) is 16.9 Å². The molecule has 0 atom stereocenters. The van der Waals surface area contributed by atoms with Gasteiger partial charge in [-0.3, -0.25) is 9.36 Å². The van der Waals surface area contributed by atoms with Gasteiger partial charge in [0.2, 0.25) is 5.91 Å². The lowest BCUT2D eigenvalue weighted by molar-refractivity contribution is -0.113. The molecule has 0 saturated carbocycles. The Labute approximate surface area is 242 Å². The molecule has 0 bridgehead atoms. The largest absolute Gasteiger partial charge is 0.486 e. The molecule has 4 rings (SSSR count). The van der Waals surface area contributed by atoms with Gasteiger partial charge in [-0.1, -0.05) is 47.7 Å². The van der Waals surface area contributed by atoms with E-state index in [1.54, 1.807) is 6.08 Å². The van der Waals surface area contributed by atoms with E-state index in [4.69, 9.17) is 9.47 Å². The molecule has 40 heavy (non-hydrogen) atoms. The molecule has 0 fully saturated rings. The number of allylic oxidation sites excluding steroid dienone is 1. The Balaban J connectivity index is 1.47. The van der Waals surface area contributed by atoms with Gasteiger partial charge in [0.15, 0.2) is 11.0 Å². The predicted octanol–water partition coefficient (Wildman–Crippen LogP) is 6.52. The Morgan fingerprint density at radius 1 is 1.05 bits per heavy atom. The summed E-state index contributed by atoms with van der Waals surface area (Å²) in [5.74, 6) is 0.683. The number of carbonyl (C=O) groups is 2. The lowest BCUT2D eigenvalue weighted by atomic mass is 9.97. The fourth-order valence-corrected chi connectivity index (χ4v) is 5.80. The minimum absolute atomic E-state index is 0.0740. The summed E-state index contributed by atoms with van der Waals surface area (Å²) in [6.45, 7) is 12.6. The molecule has 0 spiro atoms. The second-order valence-corrected chi connectivity index (χ2v) is 11.2. The molecule has 1 amide bonds. The summed E-state index contributed by atoms with van der Waals surface area (Å²) in [6, 6.07) is 12.0. The number of ether oxygens (including phenoxy) is 2. The van der Waals surface area contributed by atoms with E-state index in [1.165, 1.54) is 35.8 Å². The number of nitrogens with one attached hydrogen (secondary N) is 1. The van der Waals surface area contributed by atoms with Crippen molar-refractivity contribution in [1.82, 2.24) is 14.8 Å². The van der Waals surface area contributed by atoms with E-state index in [2.05, 4.69) is 29.0 Å². The number of aromatic nitrogens is 3. The van der Waals surface area contributed by atoms with Gasteiger partial charge in [-0.25, -0.2) is 4.79 Å². The Morgan fingerprint density at radius 3 is 2.55 bits per heavy atom. The summed E-state index contributed by atoms with van der Waals surface area (Å²) < 4.78 is 12.9. The number of hydrogen-bond donors (Lipinski definition) is 1. The van der Waals surface area contributed by atoms with Crippen molar-refractivity contribution in [2.75, 3.05) is 18.2 Å². The number of aryl methyl sites for hydroxylation is 4. The molecule has 2 aromatic carbocycles. The smallest absolute Gasteiger partial charge is 0.341 e. The molecular formula is C30H32N4O4S2. The summed E-state index contributed by atoms with van der Waals surface area (Å²) in [7, 11) is 1.34. The molecule has 4 aromatic rings. The maximum absolute atomic E-state index is 13.0. The van der Waals surface area contributed by atoms with Crippen LogP contribution in [0.2, 0.25) is 0 Å². The van der Waals surface area contributed by atoms with E-state index >= 15 is 0 Å². The van der Waals surface area contributed by atoms with Crippen molar-refractivity contribution in [1.29, 1.82) is 0 Å². The SMILES string of the molecule is C=CCn1c(COc2ccc(C)c(C)c2)nnc1SCC(=O)Nc1scc(-c2cc(C)ccc2C)c1C(=O)OC. The van der Waals surface area contributed by atoms with Gasteiger partial charge in [0.1, 0.15) is 22.9 Å². The molecule has 0 aliphatic rings. The second kappa shape index (κ2) is 13.0. The van der Waals surface area contributed by atoms with Crippen molar-refractivity contribution in [2.45, 2.75) is 46.0 Å². The monoisotopic (exact) mass is 576 g/mol. The van der Waals surface area contributed by atoms with Gasteiger partial charge in [-0.2, -0.15) is 0 Å². The zero-order chi connectivity index (χ0) is 28.8. The van der Waals surface area contributed by atoms with Gasteiger partial charge < -0.3 is 14.8 Å². The average molecular weight is 577 g/mol. The van der Waals surface area contributed by atoms with Crippen LogP contribution in [0.4, 0.5) is 5.00 Å². The average Bonchev–Trinajstić information content (AvgIpc) is 3.53. The van der Waals surface area contributed by atoms with E-state index in [-0.39, 0.29) is 18.3 Å². The third-order valence-electron chi connectivity index (χ3n) is 6.40. The first-order valence-electron chi connectivity index (χ1n) is 12.6. The first-order chi connectivity index (χ1) is 19.2. The Morgan fingerprint density at radius 2 is 1.82 bits per heavy atom. The first-order valence-corrected chi connectivity index (χ1v) is 14.5. The van der Waals surface area contributed by atoms with Crippen molar-refractivity contribution in [3.63, 3.8) is 0 Å². The minimum atomic E-state index is -0.501. The van der Waals surface area contributed by atoms with E-state index in [1.807, 2.05) is 67.1 Å². The fraction of sp³-hybridized carbons (Fsp3) is 0.267. The van der Waals surface area contributed by atoms with Crippen molar-refractivity contribution in [2.24, 2.45) is 0 Å². The molecule has 208 valence electrons. The summed E-state index contributed by atoms with van der Waals surface area (Å²) in [5.41, 5.74) is 6.46. The fourth-order valence-electron chi connectivity index (χ4n) is 4.07. The maximum atomic E-state index is 13.0. The van der Waals surface area contributed by atoms with Crippen LogP contribution in [0.3, 0.4) is 0 Å². The molecule has 10 heteroatoms. The van der Waals surface area contributed by atoms with E-state index in [9.17, 15) is 9.59 Å². The standard InChI is InChI=1S/C30H32N4O4S2/c1-7-12-34-25(15-38-22-11-10-19(3)21(5)14-22)32-33-30(34)40-17-26(35)31-28-27(29(36)37-6)24(16-39-28)23-13-18(2)8-9-20(23)4/h7-11,13-14,16H,1,12,15,17H2,2-6H3,(H,31,35). The number of methoxy groups -OCH3 is 1. The van der Waals surface area contributed by atoms with Crippen LogP contribution in [-0.2, 0) is 22.7 Å². The van der Waals surface area contributed by atoms with Gasteiger partial charge in [-0.15, -0.1) is 28.1 Å². The number of carbonyl (C=O) groups excluding carboxylic acids is 2. The van der Waals surface area contributed by atoms with Gasteiger partial charge in [-0.05, 0) is 62.1 Å². The van der Waals surface area contributed by atoms with Gasteiger partial charge in [0.25, 0.3) is 0 Å².